The number of nitrogens with one attached hydrogen (secondary N) is 1. The van der Waals surface area contributed by atoms with E-state index < -0.39 is 0 Å². The van der Waals surface area contributed by atoms with Crippen molar-refractivity contribution in [2.75, 3.05) is 11.1 Å². The lowest BCUT2D eigenvalue weighted by molar-refractivity contribution is -0.113. The summed E-state index contributed by atoms with van der Waals surface area (Å²) >= 11 is 3.30. The van der Waals surface area contributed by atoms with E-state index in [2.05, 4.69) is 5.32 Å². The van der Waals surface area contributed by atoms with Gasteiger partial charge in [-0.3, -0.25) is 4.79 Å². The Labute approximate surface area is 183 Å². The summed E-state index contributed by atoms with van der Waals surface area (Å²) in [5, 5.41) is 5.04. The quantitative estimate of drug-likeness (QED) is 0.312. The van der Waals surface area contributed by atoms with E-state index in [1.807, 2.05) is 60.7 Å². The van der Waals surface area contributed by atoms with E-state index in [-0.39, 0.29) is 5.91 Å². The van der Waals surface area contributed by atoms with Crippen LogP contribution in [0.25, 0.3) is 21.6 Å². The highest BCUT2D eigenvalue weighted by Crippen LogP contribution is 2.40. The number of para-hydroxylation sites is 1. The third-order valence-corrected chi connectivity index (χ3v) is 7.37. The van der Waals surface area contributed by atoms with Gasteiger partial charge in [0.25, 0.3) is 0 Å². The summed E-state index contributed by atoms with van der Waals surface area (Å²) < 4.78 is 0. The van der Waals surface area contributed by atoms with Crippen molar-refractivity contribution in [2.45, 2.75) is 30.7 Å². The molecule has 2 aromatic carbocycles. The number of hydrogen-bond acceptors (Lipinski definition) is 5. The van der Waals surface area contributed by atoms with Gasteiger partial charge < -0.3 is 5.32 Å². The van der Waals surface area contributed by atoms with E-state index in [1.165, 1.54) is 35.0 Å². The Bertz CT molecular complexity index is 1190. The number of amides is 1. The van der Waals surface area contributed by atoms with Gasteiger partial charge in [-0.05, 0) is 43.4 Å². The van der Waals surface area contributed by atoms with Crippen LogP contribution in [0.5, 0.6) is 0 Å². The molecule has 0 radical (unpaired) electrons. The first kappa shape index (κ1) is 19.3. The molecule has 2 aromatic heterocycles. The number of carbonyl (C=O) groups excluding carboxylic acids is 1. The maximum absolute atomic E-state index is 12.5. The normalized spacial score (nSPS) is 13.2. The molecule has 1 amide bonds. The second kappa shape index (κ2) is 8.58. The zero-order valence-electron chi connectivity index (χ0n) is 16.4. The van der Waals surface area contributed by atoms with Crippen LogP contribution < -0.4 is 5.32 Å². The number of thiophene rings is 1. The summed E-state index contributed by atoms with van der Waals surface area (Å²) in [5.74, 6) is 1.02. The van der Waals surface area contributed by atoms with Gasteiger partial charge in [0.1, 0.15) is 9.86 Å². The Hall–Kier alpha value is -2.70. The van der Waals surface area contributed by atoms with Crippen LogP contribution in [-0.4, -0.2) is 21.6 Å². The third kappa shape index (κ3) is 3.98. The summed E-state index contributed by atoms with van der Waals surface area (Å²) in [5.41, 5.74) is 3.21. The molecule has 2 heterocycles. The molecule has 0 saturated carbocycles. The van der Waals surface area contributed by atoms with E-state index in [0.29, 0.717) is 5.75 Å². The monoisotopic (exact) mass is 431 g/mol. The van der Waals surface area contributed by atoms with Crippen LogP contribution in [-0.2, 0) is 17.6 Å². The van der Waals surface area contributed by atoms with E-state index >= 15 is 0 Å². The number of thioether (sulfide) groups is 1. The van der Waals surface area contributed by atoms with Crippen molar-refractivity contribution in [3.8, 4) is 11.4 Å². The van der Waals surface area contributed by atoms with E-state index in [1.54, 1.807) is 11.3 Å². The molecule has 0 spiro atoms. The Morgan fingerprint density at radius 2 is 1.70 bits per heavy atom. The van der Waals surface area contributed by atoms with Gasteiger partial charge in [0.2, 0.25) is 5.91 Å². The third-order valence-electron chi connectivity index (χ3n) is 5.21. The number of carbonyl (C=O) groups is 1. The molecule has 6 heteroatoms. The molecule has 150 valence electrons. The number of hydrogen-bond donors (Lipinski definition) is 1. The molecule has 5 rings (SSSR count). The number of rotatable bonds is 5. The lowest BCUT2D eigenvalue weighted by Crippen LogP contribution is -2.14. The molecule has 0 aliphatic heterocycles. The molecular weight excluding hydrogens is 410 g/mol. The molecule has 30 heavy (non-hydrogen) atoms. The van der Waals surface area contributed by atoms with Crippen molar-refractivity contribution in [1.82, 2.24) is 9.97 Å². The minimum absolute atomic E-state index is 0.0247. The first-order valence-corrected chi connectivity index (χ1v) is 11.9. The summed E-state index contributed by atoms with van der Waals surface area (Å²) in [4.78, 5) is 24.8. The predicted octanol–water partition coefficient (Wildman–Crippen LogP) is 5.97. The van der Waals surface area contributed by atoms with Gasteiger partial charge in [0.05, 0.1) is 5.75 Å². The lowest BCUT2D eigenvalue weighted by atomic mass is 9.97. The van der Waals surface area contributed by atoms with Gasteiger partial charge >= 0.3 is 0 Å². The van der Waals surface area contributed by atoms with Crippen molar-refractivity contribution in [2.24, 2.45) is 0 Å². The fourth-order valence-electron chi connectivity index (χ4n) is 3.80. The first-order valence-electron chi connectivity index (χ1n) is 10.1. The van der Waals surface area contributed by atoms with E-state index in [0.717, 1.165) is 45.2 Å². The van der Waals surface area contributed by atoms with Crippen molar-refractivity contribution >= 4 is 44.9 Å². The standard InChI is InChI=1S/C24H21N3OS2/c28-20(25-17-11-5-2-6-12-17)15-29-23-21-18-13-7-8-14-19(18)30-24(21)27-22(26-23)16-9-3-1-4-10-16/h1-6,9-12H,7-8,13-15H2,(H,25,28). The summed E-state index contributed by atoms with van der Waals surface area (Å²) in [6.07, 6.45) is 4.64. The first-order chi connectivity index (χ1) is 14.8. The van der Waals surface area contributed by atoms with Gasteiger partial charge in [-0.1, -0.05) is 60.3 Å². The minimum Gasteiger partial charge on any atom is -0.325 e. The van der Waals surface area contributed by atoms with Gasteiger partial charge in [-0.2, -0.15) is 0 Å². The van der Waals surface area contributed by atoms with Crippen LogP contribution in [0.1, 0.15) is 23.3 Å². The average molecular weight is 432 g/mol. The Balaban J connectivity index is 1.48. The van der Waals surface area contributed by atoms with Crippen molar-refractivity contribution in [3.63, 3.8) is 0 Å². The average Bonchev–Trinajstić information content (AvgIpc) is 3.17. The summed E-state index contributed by atoms with van der Waals surface area (Å²) in [7, 11) is 0. The smallest absolute Gasteiger partial charge is 0.234 e. The molecule has 4 nitrogen and oxygen atoms in total. The molecule has 0 fully saturated rings. The zero-order valence-corrected chi connectivity index (χ0v) is 18.1. The predicted molar refractivity (Wildman–Crippen MR) is 125 cm³/mol. The minimum atomic E-state index is -0.0247. The van der Waals surface area contributed by atoms with Gasteiger partial charge in [-0.25, -0.2) is 9.97 Å². The highest BCUT2D eigenvalue weighted by atomic mass is 32.2. The molecule has 1 N–H and O–H groups in total. The van der Waals surface area contributed by atoms with E-state index in [9.17, 15) is 4.79 Å². The van der Waals surface area contributed by atoms with Crippen LogP contribution in [0, 0.1) is 0 Å². The number of nitrogens with zero attached hydrogens (tertiary/aromatic N) is 2. The number of anilines is 1. The largest absolute Gasteiger partial charge is 0.325 e. The molecule has 0 saturated heterocycles. The Morgan fingerprint density at radius 3 is 2.50 bits per heavy atom. The van der Waals surface area contributed by atoms with Gasteiger partial charge in [0, 0.05) is 21.5 Å². The topological polar surface area (TPSA) is 54.9 Å². The Morgan fingerprint density at radius 1 is 0.967 bits per heavy atom. The van der Waals surface area contributed by atoms with Gasteiger partial charge in [0.15, 0.2) is 5.82 Å². The number of aryl methyl sites for hydroxylation is 2. The van der Waals surface area contributed by atoms with Crippen molar-refractivity contribution in [1.29, 1.82) is 0 Å². The number of aromatic nitrogens is 2. The second-order valence-electron chi connectivity index (χ2n) is 7.31. The molecule has 0 bridgehead atoms. The zero-order chi connectivity index (χ0) is 20.3. The van der Waals surface area contributed by atoms with Crippen LogP contribution in [0.15, 0.2) is 65.7 Å². The van der Waals surface area contributed by atoms with Gasteiger partial charge in [-0.15, -0.1) is 11.3 Å². The van der Waals surface area contributed by atoms with E-state index in [4.69, 9.17) is 9.97 Å². The maximum Gasteiger partial charge on any atom is 0.234 e. The Kier molecular flexibility index (Phi) is 5.51. The molecule has 4 aromatic rings. The van der Waals surface area contributed by atoms with Crippen LogP contribution in [0.2, 0.25) is 0 Å². The molecule has 1 aliphatic carbocycles. The maximum atomic E-state index is 12.5. The van der Waals surface area contributed by atoms with Crippen molar-refractivity contribution in [3.05, 3.63) is 71.1 Å². The second-order valence-corrected chi connectivity index (χ2v) is 9.36. The number of benzene rings is 2. The summed E-state index contributed by atoms with van der Waals surface area (Å²) in [6, 6.07) is 19.6. The molecule has 0 unspecified atom stereocenters. The van der Waals surface area contributed by atoms with Crippen LogP contribution in [0.3, 0.4) is 0 Å². The lowest BCUT2D eigenvalue weighted by Gasteiger charge is -2.12. The fourth-order valence-corrected chi connectivity index (χ4v) is 5.98. The molecular formula is C24H21N3OS2. The SMILES string of the molecule is O=C(CSc1nc(-c2ccccc2)nc2sc3c(c12)CCCC3)Nc1ccccc1. The van der Waals surface area contributed by atoms with Crippen LogP contribution in [0.4, 0.5) is 5.69 Å². The molecule has 1 aliphatic rings. The number of fused-ring (bicyclic) bond motifs is 3. The molecule has 0 atom stereocenters. The van der Waals surface area contributed by atoms with Crippen LogP contribution >= 0.6 is 23.1 Å². The highest BCUT2D eigenvalue weighted by Gasteiger charge is 2.22. The fraction of sp³-hybridized carbons (Fsp3) is 0.208. The van der Waals surface area contributed by atoms with Crippen molar-refractivity contribution < 1.29 is 4.79 Å². The summed E-state index contributed by atoms with van der Waals surface area (Å²) in [6.45, 7) is 0. The highest BCUT2D eigenvalue weighted by molar-refractivity contribution is 8.00.